The van der Waals surface area contributed by atoms with Crippen LogP contribution in [0.25, 0.3) is 16.9 Å². The molecule has 168 valence electrons. The van der Waals surface area contributed by atoms with Gasteiger partial charge in [0.25, 0.3) is 0 Å². The van der Waals surface area contributed by atoms with Crippen LogP contribution in [0.15, 0.2) is 24.3 Å². The quantitative estimate of drug-likeness (QED) is 0.639. The van der Waals surface area contributed by atoms with Gasteiger partial charge in [-0.1, -0.05) is 26.0 Å². The predicted molar refractivity (Wildman–Crippen MR) is 126 cm³/mol. The number of hydrogen-bond acceptors (Lipinski definition) is 4. The molecule has 2 aromatic heterocycles. The second kappa shape index (κ2) is 7.91. The number of carbonyl (C=O) groups is 1. The van der Waals surface area contributed by atoms with E-state index in [1.165, 1.54) is 24.0 Å². The largest absolute Gasteiger partial charge is 0.481 e. The minimum atomic E-state index is -0.838. The molecule has 0 unspecified atom stereocenters. The van der Waals surface area contributed by atoms with Gasteiger partial charge in [-0.2, -0.15) is 9.61 Å². The lowest BCUT2D eigenvalue weighted by Crippen LogP contribution is -2.39. The zero-order valence-corrected chi connectivity index (χ0v) is 19.3. The molecule has 3 heterocycles. The van der Waals surface area contributed by atoms with Crippen molar-refractivity contribution in [1.82, 2.24) is 14.6 Å². The monoisotopic (exact) mass is 432 g/mol. The highest BCUT2D eigenvalue weighted by Crippen LogP contribution is 2.35. The average Bonchev–Trinajstić information content (AvgIpc) is 3.17. The molecule has 1 aliphatic carbocycles. The normalized spacial score (nSPS) is 18.0. The van der Waals surface area contributed by atoms with Crippen LogP contribution in [0.3, 0.4) is 0 Å². The van der Waals surface area contributed by atoms with Crippen molar-refractivity contribution < 1.29 is 9.90 Å². The molecule has 0 bridgehead atoms. The van der Waals surface area contributed by atoms with Crippen molar-refractivity contribution in [3.8, 4) is 11.3 Å². The first-order valence-electron chi connectivity index (χ1n) is 11.8. The number of aromatic nitrogens is 3. The minimum Gasteiger partial charge on any atom is -0.481 e. The van der Waals surface area contributed by atoms with E-state index in [9.17, 15) is 9.90 Å². The maximum atomic E-state index is 11.7. The third kappa shape index (κ3) is 3.87. The first-order valence-corrected chi connectivity index (χ1v) is 11.8. The maximum Gasteiger partial charge on any atom is 0.308 e. The first kappa shape index (κ1) is 21.0. The molecule has 1 N–H and O–H groups in total. The van der Waals surface area contributed by atoms with Crippen LogP contribution in [0.1, 0.15) is 61.9 Å². The number of rotatable bonds is 4. The number of benzene rings is 1. The first-order chi connectivity index (χ1) is 15.3. The van der Waals surface area contributed by atoms with Gasteiger partial charge < -0.3 is 10.0 Å². The number of carboxylic acids is 1. The molecule has 6 nitrogen and oxygen atoms in total. The van der Waals surface area contributed by atoms with Gasteiger partial charge in [-0.25, -0.2) is 4.98 Å². The lowest BCUT2D eigenvalue weighted by atomic mass is 9.82. The van der Waals surface area contributed by atoms with Crippen LogP contribution in [-0.4, -0.2) is 38.8 Å². The Morgan fingerprint density at radius 2 is 1.81 bits per heavy atom. The number of carboxylic acid groups (broad SMARTS) is 1. The fourth-order valence-electron chi connectivity index (χ4n) is 5.18. The van der Waals surface area contributed by atoms with E-state index < -0.39 is 5.97 Å². The van der Waals surface area contributed by atoms with Gasteiger partial charge >= 0.3 is 5.97 Å². The van der Waals surface area contributed by atoms with Gasteiger partial charge in [0.1, 0.15) is 5.82 Å². The number of hydrogen-bond donors (Lipinski definition) is 1. The molecule has 1 aliphatic heterocycles. The molecular formula is C26H32N4O2. The summed E-state index contributed by atoms with van der Waals surface area (Å²) >= 11 is 0. The highest BCUT2D eigenvalue weighted by atomic mass is 16.4. The van der Waals surface area contributed by atoms with E-state index in [0.717, 1.165) is 72.8 Å². The third-order valence-electron chi connectivity index (χ3n) is 7.27. The van der Waals surface area contributed by atoms with Gasteiger partial charge in [0.05, 0.1) is 12.1 Å². The molecule has 2 aliphatic rings. The third-order valence-corrected chi connectivity index (χ3v) is 7.27. The molecule has 0 atom stereocenters. The molecule has 1 saturated heterocycles. The van der Waals surface area contributed by atoms with Gasteiger partial charge in [0.2, 0.25) is 0 Å². The Labute approximate surface area is 189 Å². The summed E-state index contributed by atoms with van der Waals surface area (Å²) in [4.78, 5) is 18.8. The van der Waals surface area contributed by atoms with E-state index in [1.807, 2.05) is 17.5 Å². The Morgan fingerprint density at radius 3 is 2.53 bits per heavy atom. The van der Waals surface area contributed by atoms with Crippen molar-refractivity contribution in [1.29, 1.82) is 0 Å². The summed E-state index contributed by atoms with van der Waals surface area (Å²) in [6.45, 7) is 8.32. The van der Waals surface area contributed by atoms with Crippen molar-refractivity contribution in [2.75, 3.05) is 18.0 Å². The molecule has 0 radical (unpaired) electrons. The van der Waals surface area contributed by atoms with Crippen LogP contribution in [-0.2, 0) is 24.1 Å². The van der Waals surface area contributed by atoms with Gasteiger partial charge in [0, 0.05) is 36.0 Å². The Balaban J connectivity index is 1.62. The molecular weight excluding hydrogens is 400 g/mol. The Hall–Kier alpha value is -2.89. The van der Waals surface area contributed by atoms with Crippen molar-refractivity contribution in [3.05, 3.63) is 46.6 Å². The van der Waals surface area contributed by atoms with Crippen molar-refractivity contribution in [2.45, 2.75) is 65.7 Å². The van der Waals surface area contributed by atoms with Gasteiger partial charge in [-0.3, -0.25) is 4.79 Å². The predicted octanol–water partition coefficient (Wildman–Crippen LogP) is 4.84. The lowest BCUT2D eigenvalue weighted by Gasteiger charge is -2.38. The molecule has 5 rings (SSSR count). The number of aliphatic carboxylic acids is 1. The van der Waals surface area contributed by atoms with E-state index in [-0.39, 0.29) is 6.42 Å². The SMILES string of the molecule is Cc1nc2cc(-c3ccc4c(c3)CCCC4)nn2c(N2CCC(C)(C)CC2)c1CC(=O)O. The molecule has 3 aromatic rings. The average molecular weight is 433 g/mol. The summed E-state index contributed by atoms with van der Waals surface area (Å²) in [6.07, 6.45) is 6.91. The summed E-state index contributed by atoms with van der Waals surface area (Å²) < 4.78 is 1.89. The zero-order valence-electron chi connectivity index (χ0n) is 19.3. The van der Waals surface area contributed by atoms with Gasteiger partial charge in [0.15, 0.2) is 5.65 Å². The van der Waals surface area contributed by atoms with E-state index in [0.29, 0.717) is 5.41 Å². The number of aryl methyl sites for hydroxylation is 3. The number of anilines is 1. The second-order valence-corrected chi connectivity index (χ2v) is 10.2. The number of nitrogens with zero attached hydrogens (tertiary/aromatic N) is 4. The van der Waals surface area contributed by atoms with Crippen molar-refractivity contribution in [3.63, 3.8) is 0 Å². The summed E-state index contributed by atoms with van der Waals surface area (Å²) in [5.41, 5.74) is 7.53. The Morgan fingerprint density at radius 1 is 1.09 bits per heavy atom. The number of piperidine rings is 1. The summed E-state index contributed by atoms with van der Waals surface area (Å²) in [7, 11) is 0. The smallest absolute Gasteiger partial charge is 0.308 e. The van der Waals surface area contributed by atoms with Crippen LogP contribution < -0.4 is 4.90 Å². The van der Waals surface area contributed by atoms with Crippen molar-refractivity contribution >= 4 is 17.4 Å². The Kier molecular flexibility index (Phi) is 5.19. The zero-order chi connectivity index (χ0) is 22.5. The van der Waals surface area contributed by atoms with Crippen molar-refractivity contribution in [2.24, 2.45) is 5.41 Å². The van der Waals surface area contributed by atoms with Crippen LogP contribution in [0.2, 0.25) is 0 Å². The summed E-state index contributed by atoms with van der Waals surface area (Å²) in [5, 5.41) is 14.6. The van der Waals surface area contributed by atoms with Gasteiger partial charge in [-0.15, -0.1) is 0 Å². The lowest BCUT2D eigenvalue weighted by molar-refractivity contribution is -0.136. The van der Waals surface area contributed by atoms with Gasteiger partial charge in [-0.05, 0) is 68.1 Å². The molecule has 6 heteroatoms. The topological polar surface area (TPSA) is 70.7 Å². The molecule has 0 spiro atoms. The molecule has 0 amide bonds. The second-order valence-electron chi connectivity index (χ2n) is 10.2. The fraction of sp³-hybridized carbons (Fsp3) is 0.500. The fourth-order valence-corrected chi connectivity index (χ4v) is 5.18. The van der Waals surface area contributed by atoms with E-state index in [2.05, 4.69) is 36.9 Å². The molecule has 1 fully saturated rings. The Bertz CT molecular complexity index is 1180. The standard InChI is InChI=1S/C26H32N4O2/c1-17-21(15-24(31)32)25(29-12-10-26(2,3)11-13-29)30-23(27-17)16-22(28-30)20-9-8-18-6-4-5-7-19(18)14-20/h8-9,14,16H,4-7,10-13,15H2,1-3H3,(H,31,32). The van der Waals surface area contributed by atoms with Crippen LogP contribution in [0.5, 0.6) is 0 Å². The van der Waals surface area contributed by atoms with E-state index in [4.69, 9.17) is 10.1 Å². The minimum absolute atomic E-state index is 0.0436. The number of fused-ring (bicyclic) bond motifs is 2. The highest BCUT2D eigenvalue weighted by Gasteiger charge is 2.29. The molecule has 1 aromatic carbocycles. The maximum absolute atomic E-state index is 11.7. The summed E-state index contributed by atoms with van der Waals surface area (Å²) in [6, 6.07) is 8.74. The highest BCUT2D eigenvalue weighted by molar-refractivity contribution is 5.75. The van der Waals surface area contributed by atoms with Crippen LogP contribution in [0, 0.1) is 12.3 Å². The van der Waals surface area contributed by atoms with E-state index >= 15 is 0 Å². The van der Waals surface area contributed by atoms with Crippen LogP contribution >= 0.6 is 0 Å². The molecule has 32 heavy (non-hydrogen) atoms. The molecule has 0 saturated carbocycles. The van der Waals surface area contributed by atoms with E-state index in [1.54, 1.807) is 0 Å². The summed E-state index contributed by atoms with van der Waals surface area (Å²) in [5.74, 6) is 0.0597. The van der Waals surface area contributed by atoms with Crippen LogP contribution in [0.4, 0.5) is 5.82 Å².